The van der Waals surface area contributed by atoms with Crippen LogP contribution in [0.2, 0.25) is 0 Å². The van der Waals surface area contributed by atoms with Gasteiger partial charge in [0.15, 0.2) is 12.5 Å². The molecule has 0 unspecified atom stereocenters. The zero-order valence-electron chi connectivity index (χ0n) is 10.4. The maximum absolute atomic E-state index is 11.3. The predicted molar refractivity (Wildman–Crippen MR) is 64.9 cm³/mol. The lowest BCUT2D eigenvalue weighted by molar-refractivity contribution is -0.764. The largest absolute Gasteiger partial charge is 0.539 e. The van der Waals surface area contributed by atoms with E-state index in [-0.39, 0.29) is 5.95 Å². The summed E-state index contributed by atoms with van der Waals surface area (Å²) in [4.78, 5) is 0. The summed E-state index contributed by atoms with van der Waals surface area (Å²) in [6, 6.07) is 0. The molecule has 0 amide bonds. The summed E-state index contributed by atoms with van der Waals surface area (Å²) < 4.78 is 6.40. The van der Waals surface area contributed by atoms with E-state index < -0.39 is 0 Å². The van der Waals surface area contributed by atoms with E-state index >= 15 is 0 Å². The molecule has 1 saturated carbocycles. The highest BCUT2D eigenvalue weighted by molar-refractivity contribution is 7.99. The molecule has 1 aromatic heterocycles. The van der Waals surface area contributed by atoms with Crippen LogP contribution in [0.3, 0.4) is 0 Å². The van der Waals surface area contributed by atoms with Crippen molar-refractivity contribution >= 4 is 11.8 Å². The maximum atomic E-state index is 11.3. The molecule has 0 bridgehead atoms. The van der Waals surface area contributed by atoms with Gasteiger partial charge in [0, 0.05) is 11.7 Å². The molecule has 1 aromatic rings. The first-order valence-electron chi connectivity index (χ1n) is 6.48. The number of nitrogens with zero attached hydrogens (tertiary/aromatic N) is 2. The summed E-state index contributed by atoms with van der Waals surface area (Å²) >= 11 is 2.02. The number of rotatable bonds is 5. The van der Waals surface area contributed by atoms with E-state index in [1.54, 1.807) is 4.68 Å². The second-order valence-corrected chi connectivity index (χ2v) is 5.92. The normalized spacial score (nSPS) is 17.5. The van der Waals surface area contributed by atoms with Crippen LogP contribution in [0.15, 0.2) is 4.52 Å². The molecule has 0 aliphatic heterocycles. The molecule has 1 aliphatic carbocycles. The number of aromatic nitrogens is 2. The van der Waals surface area contributed by atoms with Crippen LogP contribution >= 0.6 is 11.8 Å². The van der Waals surface area contributed by atoms with E-state index in [2.05, 4.69) is 9.79 Å². The zero-order valence-corrected chi connectivity index (χ0v) is 11.2. The fourth-order valence-electron chi connectivity index (χ4n) is 2.33. The molecule has 0 radical (unpaired) electrons. The lowest BCUT2D eigenvalue weighted by Gasteiger charge is -2.19. The SMILES string of the molecule is CCc1c([O-])on[n+]1CCSC1CCCCC1. The Balaban J connectivity index is 1.77. The zero-order chi connectivity index (χ0) is 12.1. The van der Waals surface area contributed by atoms with Gasteiger partial charge in [-0.15, -0.1) is 0 Å². The molecule has 0 atom stereocenters. The van der Waals surface area contributed by atoms with Crippen LogP contribution in [-0.2, 0) is 13.0 Å². The minimum absolute atomic E-state index is 0.282. The van der Waals surface area contributed by atoms with Gasteiger partial charge in [-0.2, -0.15) is 11.8 Å². The van der Waals surface area contributed by atoms with Crippen LogP contribution < -0.4 is 9.79 Å². The van der Waals surface area contributed by atoms with E-state index in [9.17, 15) is 5.11 Å². The summed E-state index contributed by atoms with van der Waals surface area (Å²) in [6.07, 6.45) is 7.54. The van der Waals surface area contributed by atoms with Crippen LogP contribution in [0.4, 0.5) is 0 Å². The summed E-state index contributed by atoms with van der Waals surface area (Å²) in [7, 11) is 0. The van der Waals surface area contributed by atoms with Gasteiger partial charge in [-0.05, 0) is 12.8 Å². The number of hydrogen-bond donors (Lipinski definition) is 0. The predicted octanol–water partition coefficient (Wildman–Crippen LogP) is 1.66. The molecule has 1 aliphatic rings. The highest BCUT2D eigenvalue weighted by Gasteiger charge is 2.17. The highest BCUT2D eigenvalue weighted by atomic mass is 32.2. The summed E-state index contributed by atoms with van der Waals surface area (Å²) in [6.45, 7) is 2.74. The van der Waals surface area contributed by atoms with Crippen LogP contribution in [0.1, 0.15) is 44.7 Å². The van der Waals surface area contributed by atoms with Crippen molar-refractivity contribution in [3.8, 4) is 5.95 Å². The third-order valence-corrected chi connectivity index (χ3v) is 4.67. The molecule has 5 heteroatoms. The minimum atomic E-state index is -0.282. The molecule has 1 fully saturated rings. The number of thioether (sulfide) groups is 1. The van der Waals surface area contributed by atoms with E-state index in [0.29, 0.717) is 12.1 Å². The maximum Gasteiger partial charge on any atom is 0.233 e. The molecule has 0 spiro atoms. The van der Waals surface area contributed by atoms with Gasteiger partial charge in [-0.25, -0.2) is 0 Å². The first-order valence-corrected chi connectivity index (χ1v) is 7.53. The molecule has 4 nitrogen and oxygen atoms in total. The Bertz CT molecular complexity index is 348. The Labute approximate surface area is 106 Å². The molecule has 96 valence electrons. The molecule has 0 aromatic carbocycles. The van der Waals surface area contributed by atoms with E-state index in [0.717, 1.165) is 17.5 Å². The first kappa shape index (κ1) is 12.7. The Morgan fingerprint density at radius 3 is 2.88 bits per heavy atom. The number of hydrogen-bond acceptors (Lipinski definition) is 4. The third-order valence-electron chi connectivity index (χ3n) is 3.31. The fourth-order valence-corrected chi connectivity index (χ4v) is 3.61. The van der Waals surface area contributed by atoms with Crippen molar-refractivity contribution in [2.24, 2.45) is 0 Å². The first-order chi connectivity index (χ1) is 8.31. The van der Waals surface area contributed by atoms with Gasteiger partial charge in [0.25, 0.3) is 0 Å². The Kier molecular flexibility index (Phi) is 4.71. The molecule has 1 heterocycles. The molecular formula is C12H20N2O2S. The standard InChI is InChI=1S/C12H20N2O2S/c1-2-11-12(15)16-13-14(11)8-9-17-10-6-4-3-5-7-10/h10H,2-9H2,1H3. The summed E-state index contributed by atoms with van der Waals surface area (Å²) in [5.41, 5.74) is 0.689. The van der Waals surface area contributed by atoms with Crippen molar-refractivity contribution < 1.29 is 14.3 Å². The monoisotopic (exact) mass is 256 g/mol. The van der Waals surface area contributed by atoms with Gasteiger partial charge >= 0.3 is 0 Å². The van der Waals surface area contributed by atoms with Crippen LogP contribution in [0, 0.1) is 0 Å². The number of aryl methyl sites for hydroxylation is 1. The van der Waals surface area contributed by atoms with E-state index in [4.69, 9.17) is 0 Å². The smallest absolute Gasteiger partial charge is 0.233 e. The lowest BCUT2D eigenvalue weighted by Crippen LogP contribution is -2.40. The van der Waals surface area contributed by atoms with Crippen molar-refractivity contribution in [2.45, 2.75) is 57.2 Å². The van der Waals surface area contributed by atoms with Gasteiger partial charge in [0.2, 0.25) is 5.69 Å². The molecule has 0 saturated heterocycles. The van der Waals surface area contributed by atoms with E-state index in [1.807, 2.05) is 18.7 Å². The Morgan fingerprint density at radius 1 is 1.41 bits per heavy atom. The highest BCUT2D eigenvalue weighted by Crippen LogP contribution is 2.27. The lowest BCUT2D eigenvalue weighted by atomic mass is 10.0. The molecule has 2 rings (SSSR count). The summed E-state index contributed by atoms with van der Waals surface area (Å²) in [5.74, 6) is 0.740. The average molecular weight is 256 g/mol. The second-order valence-electron chi connectivity index (χ2n) is 4.51. The Morgan fingerprint density at radius 2 is 2.18 bits per heavy atom. The molecule has 17 heavy (non-hydrogen) atoms. The van der Waals surface area contributed by atoms with Gasteiger partial charge < -0.3 is 9.63 Å². The van der Waals surface area contributed by atoms with Gasteiger partial charge in [0.05, 0.1) is 11.0 Å². The van der Waals surface area contributed by atoms with Crippen molar-refractivity contribution in [3.05, 3.63) is 5.69 Å². The van der Waals surface area contributed by atoms with Gasteiger partial charge in [-0.1, -0.05) is 30.9 Å². The van der Waals surface area contributed by atoms with Crippen molar-refractivity contribution in [1.82, 2.24) is 5.27 Å². The van der Waals surface area contributed by atoms with Crippen molar-refractivity contribution in [1.29, 1.82) is 0 Å². The van der Waals surface area contributed by atoms with Gasteiger partial charge in [-0.3, -0.25) is 0 Å². The minimum Gasteiger partial charge on any atom is -0.539 e. The fraction of sp³-hybridized carbons (Fsp3) is 0.833. The van der Waals surface area contributed by atoms with E-state index in [1.165, 1.54) is 32.1 Å². The third kappa shape index (κ3) is 3.37. The molecular weight excluding hydrogens is 236 g/mol. The summed E-state index contributed by atoms with van der Waals surface area (Å²) in [5, 5.41) is 15.9. The van der Waals surface area contributed by atoms with Gasteiger partial charge in [0.1, 0.15) is 0 Å². The second kappa shape index (κ2) is 6.28. The quantitative estimate of drug-likeness (QED) is 0.752. The van der Waals surface area contributed by atoms with Crippen molar-refractivity contribution in [2.75, 3.05) is 5.75 Å². The van der Waals surface area contributed by atoms with Crippen LogP contribution in [0.5, 0.6) is 5.95 Å². The van der Waals surface area contributed by atoms with Crippen LogP contribution in [0.25, 0.3) is 0 Å². The molecule has 0 N–H and O–H groups in total. The average Bonchev–Trinajstić information content (AvgIpc) is 2.71. The van der Waals surface area contributed by atoms with Crippen molar-refractivity contribution in [3.63, 3.8) is 0 Å². The van der Waals surface area contributed by atoms with Crippen LogP contribution in [-0.4, -0.2) is 16.3 Å². The topological polar surface area (TPSA) is 53.0 Å². The Hall–Kier alpha value is -0.710.